The molecule has 0 radical (unpaired) electrons. The minimum absolute atomic E-state index is 0.186. The molecule has 0 aromatic heterocycles. The molecule has 0 heterocycles. The van der Waals surface area contributed by atoms with Crippen molar-refractivity contribution in [1.82, 2.24) is 0 Å². The molecule has 0 aliphatic carbocycles. The average molecular weight is 421 g/mol. The van der Waals surface area contributed by atoms with Crippen molar-refractivity contribution in [3.63, 3.8) is 0 Å². The SMILES string of the molecule is C#C.C/C=C\C=C(\C)CCC.COC(=O)CCc1ccc(OCc2ccccc2)cc1. The van der Waals surface area contributed by atoms with E-state index in [4.69, 9.17) is 4.74 Å². The van der Waals surface area contributed by atoms with Crippen LogP contribution in [0.5, 0.6) is 5.75 Å². The summed E-state index contributed by atoms with van der Waals surface area (Å²) >= 11 is 0. The van der Waals surface area contributed by atoms with Gasteiger partial charge in [-0.3, -0.25) is 4.79 Å². The standard InChI is InChI=1S/C17H18O3.C9H16.C2H2/c1-19-17(18)12-9-14-7-10-16(11-8-14)20-13-15-5-3-2-4-6-15;1-4-6-8-9(3)7-5-2;1-2/h2-8,10-11H,9,12-13H2,1H3;4,6,8H,5,7H2,1-3H3;1-2H/b;6-4-,9-8-;. The third-order valence-electron chi connectivity index (χ3n) is 4.23. The second kappa shape index (κ2) is 18.8. The van der Waals surface area contributed by atoms with Crippen LogP contribution in [0.15, 0.2) is 78.4 Å². The Kier molecular flexibility index (Phi) is 16.8. The highest BCUT2D eigenvalue weighted by Gasteiger charge is 2.02. The molecule has 3 nitrogen and oxygen atoms in total. The quantitative estimate of drug-likeness (QED) is 0.251. The average Bonchev–Trinajstić information content (AvgIpc) is 2.83. The van der Waals surface area contributed by atoms with Gasteiger partial charge in [-0.25, -0.2) is 0 Å². The molecule has 2 aromatic carbocycles. The molecule has 0 fully saturated rings. The van der Waals surface area contributed by atoms with Gasteiger partial charge < -0.3 is 9.47 Å². The van der Waals surface area contributed by atoms with Crippen LogP contribution in [0.4, 0.5) is 0 Å². The van der Waals surface area contributed by atoms with Crippen molar-refractivity contribution in [3.05, 3.63) is 89.5 Å². The van der Waals surface area contributed by atoms with Crippen LogP contribution < -0.4 is 4.74 Å². The van der Waals surface area contributed by atoms with E-state index in [9.17, 15) is 4.79 Å². The van der Waals surface area contributed by atoms with Crippen LogP contribution in [0.3, 0.4) is 0 Å². The van der Waals surface area contributed by atoms with Crippen molar-refractivity contribution in [2.75, 3.05) is 7.11 Å². The molecule has 0 saturated carbocycles. The van der Waals surface area contributed by atoms with Gasteiger partial charge in [0.05, 0.1) is 7.11 Å². The minimum atomic E-state index is -0.186. The third-order valence-corrected chi connectivity index (χ3v) is 4.23. The Morgan fingerprint density at radius 1 is 0.968 bits per heavy atom. The molecular formula is C28H36O3. The van der Waals surface area contributed by atoms with Crippen LogP contribution in [-0.4, -0.2) is 13.1 Å². The first-order valence-corrected chi connectivity index (χ1v) is 10.5. The van der Waals surface area contributed by atoms with E-state index in [0.717, 1.165) is 16.9 Å². The van der Waals surface area contributed by atoms with Gasteiger partial charge in [-0.15, -0.1) is 12.8 Å². The van der Waals surface area contributed by atoms with Crippen LogP contribution in [0, 0.1) is 12.8 Å². The Morgan fingerprint density at radius 3 is 2.16 bits per heavy atom. The summed E-state index contributed by atoms with van der Waals surface area (Å²) < 4.78 is 10.3. The minimum Gasteiger partial charge on any atom is -0.489 e. The lowest BCUT2D eigenvalue weighted by atomic mass is 10.1. The molecule has 0 N–H and O–H groups in total. The lowest BCUT2D eigenvalue weighted by Crippen LogP contribution is -2.01. The first-order chi connectivity index (χ1) is 15.1. The van der Waals surface area contributed by atoms with Crippen molar-refractivity contribution in [3.8, 4) is 18.6 Å². The number of benzene rings is 2. The summed E-state index contributed by atoms with van der Waals surface area (Å²) in [6.07, 6.45) is 17.9. The summed E-state index contributed by atoms with van der Waals surface area (Å²) in [4.78, 5) is 11.1. The van der Waals surface area contributed by atoms with E-state index in [-0.39, 0.29) is 5.97 Å². The number of hydrogen-bond donors (Lipinski definition) is 0. The van der Waals surface area contributed by atoms with Gasteiger partial charge in [0.15, 0.2) is 0 Å². The van der Waals surface area contributed by atoms with E-state index in [0.29, 0.717) is 19.4 Å². The van der Waals surface area contributed by atoms with Crippen molar-refractivity contribution < 1.29 is 14.3 Å². The van der Waals surface area contributed by atoms with Crippen molar-refractivity contribution in [2.24, 2.45) is 0 Å². The zero-order valence-electron chi connectivity index (χ0n) is 19.3. The van der Waals surface area contributed by atoms with Crippen LogP contribution in [-0.2, 0) is 22.6 Å². The zero-order chi connectivity index (χ0) is 23.3. The number of esters is 1. The number of methoxy groups -OCH3 is 1. The lowest BCUT2D eigenvalue weighted by Gasteiger charge is -2.07. The van der Waals surface area contributed by atoms with Gasteiger partial charge in [0.25, 0.3) is 0 Å². The monoisotopic (exact) mass is 420 g/mol. The van der Waals surface area contributed by atoms with Gasteiger partial charge in [0.2, 0.25) is 0 Å². The van der Waals surface area contributed by atoms with Crippen molar-refractivity contribution in [2.45, 2.75) is 53.1 Å². The van der Waals surface area contributed by atoms with E-state index in [2.05, 4.69) is 49.7 Å². The highest BCUT2D eigenvalue weighted by molar-refractivity contribution is 5.69. The van der Waals surface area contributed by atoms with Gasteiger partial charge in [0, 0.05) is 6.42 Å². The summed E-state index contributed by atoms with van der Waals surface area (Å²) in [7, 11) is 1.41. The molecule has 0 bridgehead atoms. The molecule has 0 spiro atoms. The molecular weight excluding hydrogens is 384 g/mol. The van der Waals surface area contributed by atoms with Crippen molar-refractivity contribution in [1.29, 1.82) is 0 Å². The third kappa shape index (κ3) is 14.4. The van der Waals surface area contributed by atoms with Gasteiger partial charge in [-0.2, -0.15) is 0 Å². The molecule has 31 heavy (non-hydrogen) atoms. The molecule has 0 amide bonds. The van der Waals surface area contributed by atoms with E-state index >= 15 is 0 Å². The Labute approximate surface area is 188 Å². The summed E-state index contributed by atoms with van der Waals surface area (Å²) in [5.41, 5.74) is 3.71. The van der Waals surface area contributed by atoms with Crippen LogP contribution in [0.2, 0.25) is 0 Å². The summed E-state index contributed by atoms with van der Waals surface area (Å²) in [6, 6.07) is 17.8. The number of carbonyl (C=O) groups is 1. The molecule has 0 aliphatic rings. The maximum Gasteiger partial charge on any atom is 0.305 e. The fraction of sp³-hybridized carbons (Fsp3) is 0.321. The second-order valence-corrected chi connectivity index (χ2v) is 6.78. The smallest absolute Gasteiger partial charge is 0.305 e. The van der Waals surface area contributed by atoms with E-state index < -0.39 is 0 Å². The topological polar surface area (TPSA) is 35.5 Å². The summed E-state index contributed by atoms with van der Waals surface area (Å²) in [5.74, 6) is 0.644. The first kappa shape index (κ1) is 27.8. The molecule has 0 atom stereocenters. The highest BCUT2D eigenvalue weighted by Crippen LogP contribution is 2.15. The fourth-order valence-corrected chi connectivity index (χ4v) is 2.58. The van der Waals surface area contributed by atoms with Crippen LogP contribution in [0.25, 0.3) is 0 Å². The van der Waals surface area contributed by atoms with Gasteiger partial charge in [-0.1, -0.05) is 79.6 Å². The van der Waals surface area contributed by atoms with Crippen LogP contribution in [0.1, 0.15) is 51.2 Å². The predicted molar refractivity (Wildman–Crippen MR) is 131 cm³/mol. The lowest BCUT2D eigenvalue weighted by molar-refractivity contribution is -0.140. The van der Waals surface area contributed by atoms with Crippen molar-refractivity contribution >= 4 is 5.97 Å². The molecule has 0 unspecified atom stereocenters. The fourth-order valence-electron chi connectivity index (χ4n) is 2.58. The maximum atomic E-state index is 11.1. The van der Waals surface area contributed by atoms with Gasteiger partial charge in [0.1, 0.15) is 12.4 Å². The Balaban J connectivity index is 0.000000692. The largest absolute Gasteiger partial charge is 0.489 e. The molecule has 2 rings (SSSR count). The molecule has 3 heteroatoms. The molecule has 2 aromatic rings. The highest BCUT2D eigenvalue weighted by atomic mass is 16.5. The number of rotatable bonds is 9. The van der Waals surface area contributed by atoms with Crippen LogP contribution >= 0.6 is 0 Å². The second-order valence-electron chi connectivity index (χ2n) is 6.78. The number of carbonyl (C=O) groups excluding carboxylic acids is 1. The van der Waals surface area contributed by atoms with E-state index in [1.807, 2.05) is 61.5 Å². The number of hydrogen-bond acceptors (Lipinski definition) is 3. The number of ether oxygens (including phenoxy) is 2. The predicted octanol–water partition coefficient (Wildman–Crippen LogP) is 6.93. The normalized spacial score (nSPS) is 10.3. The number of terminal acetylenes is 1. The Hall–Kier alpha value is -3.25. The van der Waals surface area contributed by atoms with Gasteiger partial charge >= 0.3 is 5.97 Å². The maximum absolute atomic E-state index is 11.1. The first-order valence-electron chi connectivity index (χ1n) is 10.5. The summed E-state index contributed by atoms with van der Waals surface area (Å²) in [5, 5.41) is 0. The Bertz CT molecular complexity index is 784. The summed E-state index contributed by atoms with van der Waals surface area (Å²) in [6.45, 7) is 6.97. The molecule has 0 aliphatic heterocycles. The zero-order valence-corrected chi connectivity index (χ0v) is 19.3. The molecule has 166 valence electrons. The number of allylic oxidation sites excluding steroid dienone is 4. The van der Waals surface area contributed by atoms with E-state index in [1.54, 1.807) is 0 Å². The Morgan fingerprint density at radius 2 is 1.61 bits per heavy atom. The van der Waals surface area contributed by atoms with Gasteiger partial charge in [-0.05, 0) is 49.9 Å². The number of aryl methyl sites for hydroxylation is 1. The van der Waals surface area contributed by atoms with E-state index in [1.165, 1.54) is 25.5 Å². The molecule has 0 saturated heterocycles.